The summed E-state index contributed by atoms with van der Waals surface area (Å²) in [6, 6.07) is 0. The number of alkyl halides is 3. The molecule has 0 N–H and O–H groups in total. The third-order valence-corrected chi connectivity index (χ3v) is 6.67. The molecule has 0 aromatic carbocycles. The molecule has 0 aromatic rings. The average Bonchev–Trinajstić information content (AvgIpc) is 2.07. The molecule has 0 aliphatic heterocycles. The standard InChI is InChI=1S/C9H15F3O4S2/c1-7(2)5-4-6-8(17(3,13)14)18(15,16)9(10,11)12/h5,8H,4,6H2,1-3H3. The van der Waals surface area contributed by atoms with Gasteiger partial charge < -0.3 is 0 Å². The first kappa shape index (κ1) is 17.4. The van der Waals surface area contributed by atoms with Crippen molar-refractivity contribution < 1.29 is 30.0 Å². The first-order chi connectivity index (χ1) is 7.80. The number of allylic oxidation sites excluding steroid dienone is 2. The van der Waals surface area contributed by atoms with Crippen LogP contribution >= 0.6 is 0 Å². The van der Waals surface area contributed by atoms with Gasteiger partial charge in [-0.25, -0.2) is 16.8 Å². The molecule has 9 heteroatoms. The van der Waals surface area contributed by atoms with E-state index in [0.717, 1.165) is 5.57 Å². The van der Waals surface area contributed by atoms with Gasteiger partial charge in [0.1, 0.15) is 0 Å². The van der Waals surface area contributed by atoms with Crippen molar-refractivity contribution in [1.82, 2.24) is 0 Å². The predicted octanol–water partition coefficient (Wildman–Crippen LogP) is 2.04. The summed E-state index contributed by atoms with van der Waals surface area (Å²) in [6.45, 7) is 3.35. The zero-order chi connectivity index (χ0) is 14.8. The summed E-state index contributed by atoms with van der Waals surface area (Å²) < 4.78 is 79.3. The van der Waals surface area contributed by atoms with Gasteiger partial charge in [0, 0.05) is 6.26 Å². The van der Waals surface area contributed by atoms with Crippen LogP contribution in [0.5, 0.6) is 0 Å². The molecule has 0 aliphatic carbocycles. The lowest BCUT2D eigenvalue weighted by Gasteiger charge is -2.17. The van der Waals surface area contributed by atoms with Gasteiger partial charge in [0.2, 0.25) is 0 Å². The lowest BCUT2D eigenvalue weighted by atomic mass is 10.2. The Bertz CT molecular complexity index is 511. The summed E-state index contributed by atoms with van der Waals surface area (Å²) in [5.74, 6) is 0. The van der Waals surface area contributed by atoms with Crippen molar-refractivity contribution in [2.45, 2.75) is 36.8 Å². The molecule has 0 fully saturated rings. The zero-order valence-corrected chi connectivity index (χ0v) is 11.8. The van der Waals surface area contributed by atoms with E-state index in [9.17, 15) is 30.0 Å². The molecule has 0 saturated heterocycles. The van der Waals surface area contributed by atoms with Gasteiger partial charge in [0.15, 0.2) is 14.4 Å². The molecule has 0 spiro atoms. The Morgan fingerprint density at radius 3 is 1.89 bits per heavy atom. The van der Waals surface area contributed by atoms with Crippen LogP contribution < -0.4 is 0 Å². The van der Waals surface area contributed by atoms with Crippen LogP contribution in [0.4, 0.5) is 13.2 Å². The monoisotopic (exact) mass is 308 g/mol. The van der Waals surface area contributed by atoms with Crippen LogP contribution in [-0.2, 0) is 19.7 Å². The van der Waals surface area contributed by atoms with Crippen LogP contribution in [0, 0.1) is 0 Å². The molecule has 0 saturated carbocycles. The maximum Gasteiger partial charge on any atom is 0.498 e. The van der Waals surface area contributed by atoms with Gasteiger partial charge in [-0.15, -0.1) is 0 Å². The van der Waals surface area contributed by atoms with Crippen molar-refractivity contribution in [3.8, 4) is 0 Å². The van der Waals surface area contributed by atoms with Crippen LogP contribution in [0.1, 0.15) is 26.7 Å². The lowest BCUT2D eigenvalue weighted by Crippen LogP contribution is -2.39. The Kier molecular flexibility index (Phi) is 5.42. The highest BCUT2D eigenvalue weighted by molar-refractivity contribution is 8.09. The molecule has 18 heavy (non-hydrogen) atoms. The van der Waals surface area contributed by atoms with Crippen LogP contribution in [0.25, 0.3) is 0 Å². The Hall–Kier alpha value is -0.570. The quantitative estimate of drug-likeness (QED) is 0.729. The minimum atomic E-state index is -5.71. The number of hydrogen-bond donors (Lipinski definition) is 0. The first-order valence-electron chi connectivity index (χ1n) is 4.92. The van der Waals surface area contributed by atoms with E-state index in [1.165, 1.54) is 6.08 Å². The lowest BCUT2D eigenvalue weighted by molar-refractivity contribution is -0.0439. The second kappa shape index (κ2) is 5.60. The van der Waals surface area contributed by atoms with Crippen molar-refractivity contribution in [2.24, 2.45) is 0 Å². The topological polar surface area (TPSA) is 68.3 Å². The fourth-order valence-corrected chi connectivity index (χ4v) is 4.73. The molecule has 0 heterocycles. The second-order valence-corrected chi connectivity index (χ2v) is 8.76. The molecule has 0 radical (unpaired) electrons. The van der Waals surface area contributed by atoms with Crippen LogP contribution in [-0.4, -0.2) is 33.2 Å². The smallest absolute Gasteiger partial charge is 0.228 e. The van der Waals surface area contributed by atoms with Crippen molar-refractivity contribution in [1.29, 1.82) is 0 Å². The van der Waals surface area contributed by atoms with E-state index in [1.54, 1.807) is 13.8 Å². The highest BCUT2D eigenvalue weighted by Crippen LogP contribution is 2.31. The average molecular weight is 308 g/mol. The molecule has 0 aliphatic rings. The molecule has 0 amide bonds. The molecule has 0 bridgehead atoms. The van der Waals surface area contributed by atoms with Crippen LogP contribution in [0.15, 0.2) is 11.6 Å². The van der Waals surface area contributed by atoms with Crippen LogP contribution in [0.2, 0.25) is 0 Å². The van der Waals surface area contributed by atoms with Gasteiger partial charge in [-0.2, -0.15) is 13.2 Å². The maximum absolute atomic E-state index is 12.3. The minimum Gasteiger partial charge on any atom is -0.228 e. The molecule has 1 unspecified atom stereocenters. The van der Waals surface area contributed by atoms with Gasteiger partial charge in [-0.3, -0.25) is 0 Å². The SMILES string of the molecule is CC(C)=CCCC(S(C)(=O)=O)S(=O)(=O)C(F)(F)F. The van der Waals surface area contributed by atoms with Crippen molar-refractivity contribution >= 4 is 19.7 Å². The van der Waals surface area contributed by atoms with Gasteiger partial charge in [0.05, 0.1) is 0 Å². The fraction of sp³-hybridized carbons (Fsp3) is 0.778. The number of sulfone groups is 2. The minimum absolute atomic E-state index is 0.0463. The van der Waals surface area contributed by atoms with Crippen molar-refractivity contribution in [3.63, 3.8) is 0 Å². The summed E-state index contributed by atoms with van der Waals surface area (Å²) in [7, 11) is -10.1. The molecule has 4 nitrogen and oxygen atoms in total. The fourth-order valence-electron chi connectivity index (χ4n) is 1.26. The van der Waals surface area contributed by atoms with Crippen molar-refractivity contribution in [3.05, 3.63) is 11.6 Å². The number of rotatable bonds is 5. The highest BCUT2D eigenvalue weighted by Gasteiger charge is 2.53. The predicted molar refractivity (Wildman–Crippen MR) is 62.3 cm³/mol. The second-order valence-electron chi connectivity index (χ2n) is 4.11. The Morgan fingerprint density at radius 1 is 1.17 bits per heavy atom. The largest absolute Gasteiger partial charge is 0.498 e. The summed E-state index contributed by atoms with van der Waals surface area (Å²) in [6.07, 6.45) is 1.33. The maximum atomic E-state index is 12.3. The van der Waals surface area contributed by atoms with E-state index in [2.05, 4.69) is 0 Å². The Morgan fingerprint density at radius 2 is 1.61 bits per heavy atom. The Labute approximate surface area is 105 Å². The third-order valence-electron chi connectivity index (χ3n) is 2.10. The van der Waals surface area contributed by atoms with Gasteiger partial charge >= 0.3 is 5.51 Å². The first-order valence-corrected chi connectivity index (χ1v) is 8.42. The van der Waals surface area contributed by atoms with Crippen LogP contribution in [0.3, 0.4) is 0 Å². The molecule has 108 valence electrons. The highest BCUT2D eigenvalue weighted by atomic mass is 32.3. The number of hydrogen-bond acceptors (Lipinski definition) is 4. The van der Waals surface area contributed by atoms with Gasteiger partial charge in [-0.1, -0.05) is 11.6 Å². The van der Waals surface area contributed by atoms with Gasteiger partial charge in [-0.05, 0) is 26.7 Å². The third kappa shape index (κ3) is 4.60. The van der Waals surface area contributed by atoms with E-state index in [1.807, 2.05) is 0 Å². The molecule has 0 aromatic heterocycles. The number of halogens is 3. The summed E-state index contributed by atoms with van der Waals surface area (Å²) >= 11 is 0. The van der Waals surface area contributed by atoms with E-state index in [4.69, 9.17) is 0 Å². The molecule has 1 atom stereocenters. The summed E-state index contributed by atoms with van der Waals surface area (Å²) in [5.41, 5.74) is -4.79. The van der Waals surface area contributed by atoms with E-state index in [0.29, 0.717) is 6.26 Å². The molecular formula is C9H15F3O4S2. The molecule has 0 rings (SSSR count). The van der Waals surface area contributed by atoms with E-state index in [-0.39, 0.29) is 6.42 Å². The normalized spacial score (nSPS) is 15.2. The zero-order valence-electron chi connectivity index (χ0n) is 10.2. The van der Waals surface area contributed by atoms with E-state index < -0.39 is 36.2 Å². The summed E-state index contributed by atoms with van der Waals surface area (Å²) in [5, 5.41) is 0. The van der Waals surface area contributed by atoms with E-state index >= 15 is 0 Å². The van der Waals surface area contributed by atoms with Gasteiger partial charge in [0.25, 0.3) is 9.84 Å². The van der Waals surface area contributed by atoms with Crippen molar-refractivity contribution in [2.75, 3.05) is 6.26 Å². The summed E-state index contributed by atoms with van der Waals surface area (Å²) in [4.78, 5) is 0. The Balaban J connectivity index is 5.37. The molecular weight excluding hydrogens is 293 g/mol.